The summed E-state index contributed by atoms with van der Waals surface area (Å²) in [6.07, 6.45) is 14.4. The Hall–Kier alpha value is -1.69. The van der Waals surface area contributed by atoms with E-state index in [1.54, 1.807) is 0 Å². The molecule has 0 aromatic heterocycles. The molecule has 0 spiro atoms. The van der Waals surface area contributed by atoms with Crippen molar-refractivity contribution in [1.82, 2.24) is 0 Å². The Labute approximate surface area is 156 Å². The molecule has 0 heterocycles. The van der Waals surface area contributed by atoms with E-state index >= 15 is 0 Å². The number of Topliss-reactive ketones (excluding diaryl/α,β-unsaturated/α-hetero) is 2. The Morgan fingerprint density at radius 2 is 1.96 bits per heavy atom. The van der Waals surface area contributed by atoms with Gasteiger partial charge in [-0.1, -0.05) is 25.5 Å². The zero-order chi connectivity index (χ0) is 18.7. The van der Waals surface area contributed by atoms with Gasteiger partial charge in [-0.2, -0.15) is 0 Å². The van der Waals surface area contributed by atoms with Crippen LogP contribution in [0.4, 0.5) is 0 Å². The smallest absolute Gasteiger partial charge is 0.176 e. The normalized spacial score (nSPS) is 44.7. The van der Waals surface area contributed by atoms with Crippen molar-refractivity contribution in [2.24, 2.45) is 34.5 Å². The molecule has 26 heavy (non-hydrogen) atoms. The van der Waals surface area contributed by atoms with Crippen LogP contribution in [0.15, 0.2) is 11.6 Å². The monoisotopic (exact) mass is 351 g/mol. The van der Waals surface area contributed by atoms with Crippen molar-refractivity contribution in [2.75, 3.05) is 0 Å². The molecule has 138 valence electrons. The van der Waals surface area contributed by atoms with Gasteiger partial charge in [-0.15, -0.1) is 12.3 Å². The van der Waals surface area contributed by atoms with Gasteiger partial charge < -0.3 is 5.41 Å². The lowest BCUT2D eigenvalue weighted by Crippen LogP contribution is -2.55. The predicted octanol–water partition coefficient (Wildman–Crippen LogP) is 4.36. The Morgan fingerprint density at radius 1 is 1.19 bits per heavy atom. The van der Waals surface area contributed by atoms with Crippen molar-refractivity contribution in [3.63, 3.8) is 0 Å². The molecule has 0 aliphatic heterocycles. The molecule has 0 saturated heterocycles. The average molecular weight is 351 g/mol. The number of ketones is 2. The van der Waals surface area contributed by atoms with Gasteiger partial charge >= 0.3 is 0 Å². The van der Waals surface area contributed by atoms with Crippen molar-refractivity contribution >= 4 is 17.3 Å². The highest BCUT2D eigenvalue weighted by molar-refractivity contribution is 6.40. The van der Waals surface area contributed by atoms with E-state index in [1.165, 1.54) is 5.57 Å². The summed E-state index contributed by atoms with van der Waals surface area (Å²) in [5.74, 6) is 4.41. The molecule has 6 atom stereocenters. The lowest BCUT2D eigenvalue weighted by Gasteiger charge is -2.58. The first-order valence-electron chi connectivity index (χ1n) is 10.1. The summed E-state index contributed by atoms with van der Waals surface area (Å²) < 4.78 is 0. The number of terminal acetylenes is 1. The predicted molar refractivity (Wildman–Crippen MR) is 102 cm³/mol. The maximum Gasteiger partial charge on any atom is 0.176 e. The van der Waals surface area contributed by atoms with E-state index < -0.39 is 0 Å². The van der Waals surface area contributed by atoms with Crippen molar-refractivity contribution in [1.29, 1.82) is 5.41 Å². The molecule has 0 aromatic rings. The van der Waals surface area contributed by atoms with Crippen molar-refractivity contribution in [2.45, 2.75) is 65.2 Å². The van der Waals surface area contributed by atoms with Gasteiger partial charge in [-0.05, 0) is 55.3 Å². The standard InChI is InChI=1S/C23H29NO2/c1-4-5-6-14-13-17-21(24)18(25)10-12-22(17,2)16-9-11-23(3)15(20(14)16)7-8-19(23)26/h1,13,15-17,20,24H,5-12H2,2-3H3/t15-,16-,17?,20-,22+,23-/m0/s1. The molecular weight excluding hydrogens is 322 g/mol. The fourth-order valence-corrected chi connectivity index (χ4v) is 6.83. The van der Waals surface area contributed by atoms with Crippen LogP contribution in [0.1, 0.15) is 65.2 Å². The lowest BCUT2D eigenvalue weighted by atomic mass is 9.45. The third-order valence-corrected chi connectivity index (χ3v) is 8.41. The summed E-state index contributed by atoms with van der Waals surface area (Å²) in [6, 6.07) is 0. The molecule has 1 unspecified atom stereocenters. The molecule has 4 aliphatic carbocycles. The van der Waals surface area contributed by atoms with Crippen LogP contribution >= 0.6 is 0 Å². The second-order valence-corrected chi connectivity index (χ2v) is 9.42. The zero-order valence-corrected chi connectivity index (χ0v) is 15.9. The van der Waals surface area contributed by atoms with E-state index in [4.69, 9.17) is 11.8 Å². The Kier molecular flexibility index (Phi) is 4.03. The van der Waals surface area contributed by atoms with E-state index in [1.807, 2.05) is 0 Å². The maximum absolute atomic E-state index is 12.7. The molecule has 0 amide bonds. The van der Waals surface area contributed by atoms with Gasteiger partial charge in [0.2, 0.25) is 0 Å². The fraction of sp³-hybridized carbons (Fsp3) is 0.696. The first-order chi connectivity index (χ1) is 12.3. The number of hydrogen-bond donors (Lipinski definition) is 1. The van der Waals surface area contributed by atoms with Gasteiger partial charge in [0.05, 0.1) is 5.71 Å². The topological polar surface area (TPSA) is 58.0 Å². The SMILES string of the molecule is C#CCCC1=CC2C(=N)C(=O)CC[C@]2(C)[C@H]2CC[C@]3(C)C(=O)CC[C@H]3[C@H]12. The maximum atomic E-state index is 12.7. The number of hydrogen-bond acceptors (Lipinski definition) is 3. The molecule has 0 radical (unpaired) electrons. The van der Waals surface area contributed by atoms with E-state index in [0.29, 0.717) is 48.5 Å². The second kappa shape index (κ2) is 5.91. The van der Waals surface area contributed by atoms with Gasteiger partial charge in [0, 0.05) is 30.6 Å². The highest BCUT2D eigenvalue weighted by Gasteiger charge is 2.61. The lowest BCUT2D eigenvalue weighted by molar-refractivity contribution is -0.132. The number of nitrogens with one attached hydrogen (secondary N) is 1. The van der Waals surface area contributed by atoms with Gasteiger partial charge in [0.1, 0.15) is 5.78 Å². The minimum Gasteiger partial charge on any atom is -0.301 e. The molecule has 0 aromatic carbocycles. The Morgan fingerprint density at radius 3 is 2.69 bits per heavy atom. The molecule has 3 fully saturated rings. The van der Waals surface area contributed by atoms with Crippen molar-refractivity contribution in [3.8, 4) is 12.3 Å². The largest absolute Gasteiger partial charge is 0.301 e. The number of fused-ring (bicyclic) bond motifs is 5. The van der Waals surface area contributed by atoms with Crippen LogP contribution in [-0.4, -0.2) is 17.3 Å². The fourth-order valence-electron chi connectivity index (χ4n) is 6.83. The third-order valence-electron chi connectivity index (χ3n) is 8.41. The number of carbonyl (C=O) groups excluding carboxylic acids is 2. The Bertz CT molecular complexity index is 757. The number of allylic oxidation sites excluding steroid dienone is 2. The molecule has 4 rings (SSSR count). The molecule has 3 nitrogen and oxygen atoms in total. The zero-order valence-electron chi connectivity index (χ0n) is 15.9. The molecule has 3 heteroatoms. The summed E-state index contributed by atoms with van der Waals surface area (Å²) in [5, 5.41) is 8.45. The second-order valence-electron chi connectivity index (χ2n) is 9.42. The quantitative estimate of drug-likeness (QED) is 0.594. The van der Waals surface area contributed by atoms with Crippen LogP contribution in [0.25, 0.3) is 0 Å². The van der Waals surface area contributed by atoms with Crippen LogP contribution < -0.4 is 0 Å². The molecule has 0 bridgehead atoms. The summed E-state index contributed by atoms with van der Waals surface area (Å²) in [7, 11) is 0. The van der Waals surface area contributed by atoms with Crippen LogP contribution in [0.5, 0.6) is 0 Å². The highest BCUT2D eigenvalue weighted by atomic mass is 16.1. The Balaban J connectivity index is 1.81. The highest BCUT2D eigenvalue weighted by Crippen LogP contribution is 2.65. The first kappa shape index (κ1) is 17.7. The minimum atomic E-state index is -0.183. The van der Waals surface area contributed by atoms with Gasteiger partial charge in [0.15, 0.2) is 5.78 Å². The third kappa shape index (κ3) is 2.24. The molecule has 1 N–H and O–H groups in total. The van der Waals surface area contributed by atoms with Crippen LogP contribution in [0, 0.1) is 52.3 Å². The van der Waals surface area contributed by atoms with Crippen LogP contribution in [0.2, 0.25) is 0 Å². The molecular formula is C23H29NO2. The molecule has 4 aliphatic rings. The average Bonchev–Trinajstić information content (AvgIpc) is 2.92. The first-order valence-corrected chi connectivity index (χ1v) is 10.1. The van der Waals surface area contributed by atoms with Crippen LogP contribution in [0.3, 0.4) is 0 Å². The van der Waals surface area contributed by atoms with E-state index in [2.05, 4.69) is 25.8 Å². The number of rotatable bonds is 2. The summed E-state index contributed by atoms with van der Waals surface area (Å²) in [5.41, 5.74) is 1.42. The van der Waals surface area contributed by atoms with E-state index in [-0.39, 0.29) is 22.5 Å². The van der Waals surface area contributed by atoms with E-state index in [0.717, 1.165) is 32.1 Å². The van der Waals surface area contributed by atoms with Crippen molar-refractivity contribution in [3.05, 3.63) is 11.6 Å². The van der Waals surface area contributed by atoms with Gasteiger partial charge in [-0.25, -0.2) is 0 Å². The summed E-state index contributed by atoms with van der Waals surface area (Å²) in [6.45, 7) is 4.48. The van der Waals surface area contributed by atoms with Gasteiger partial charge in [0.25, 0.3) is 0 Å². The summed E-state index contributed by atoms with van der Waals surface area (Å²) >= 11 is 0. The molecule has 3 saturated carbocycles. The number of carbonyl (C=O) groups is 2. The van der Waals surface area contributed by atoms with Crippen molar-refractivity contribution < 1.29 is 9.59 Å². The van der Waals surface area contributed by atoms with Gasteiger partial charge in [-0.3, -0.25) is 9.59 Å². The summed E-state index contributed by atoms with van der Waals surface area (Å²) in [4.78, 5) is 24.9. The van der Waals surface area contributed by atoms with E-state index in [9.17, 15) is 9.59 Å². The minimum absolute atomic E-state index is 0.00941. The van der Waals surface area contributed by atoms with Crippen LogP contribution in [-0.2, 0) is 9.59 Å².